The zero-order valence-electron chi connectivity index (χ0n) is 9.39. The Kier molecular flexibility index (Phi) is 3.57. The van der Waals surface area contributed by atoms with Crippen LogP contribution in [0, 0.1) is 0 Å². The number of rotatable bonds is 5. The number of methoxy groups -OCH3 is 1. The molecule has 0 bridgehead atoms. The van der Waals surface area contributed by atoms with Crippen LogP contribution in [0.2, 0.25) is 0 Å². The Morgan fingerprint density at radius 3 is 2.75 bits per heavy atom. The van der Waals surface area contributed by atoms with Crippen molar-refractivity contribution in [3.8, 4) is 0 Å². The third-order valence-corrected chi connectivity index (χ3v) is 2.87. The first-order valence-corrected chi connectivity index (χ1v) is 5.55. The normalized spacial score (nSPS) is 20.2. The highest BCUT2D eigenvalue weighted by Crippen LogP contribution is 2.26. The number of esters is 1. The molecule has 16 heavy (non-hydrogen) atoms. The molecule has 0 aliphatic carbocycles. The van der Waals surface area contributed by atoms with E-state index in [1.165, 1.54) is 7.11 Å². The van der Waals surface area contributed by atoms with Gasteiger partial charge in [0.2, 0.25) is 0 Å². The topological polar surface area (TPSA) is 38.8 Å². The van der Waals surface area contributed by atoms with E-state index in [9.17, 15) is 4.79 Å². The quantitative estimate of drug-likeness (QED) is 0.563. The van der Waals surface area contributed by atoms with E-state index in [4.69, 9.17) is 9.47 Å². The van der Waals surface area contributed by atoms with Crippen LogP contribution in [0.1, 0.15) is 24.3 Å². The van der Waals surface area contributed by atoms with Crippen molar-refractivity contribution in [2.24, 2.45) is 0 Å². The van der Waals surface area contributed by atoms with Gasteiger partial charge < -0.3 is 9.47 Å². The van der Waals surface area contributed by atoms with E-state index < -0.39 is 0 Å². The van der Waals surface area contributed by atoms with Gasteiger partial charge in [0, 0.05) is 0 Å². The second kappa shape index (κ2) is 5.12. The van der Waals surface area contributed by atoms with E-state index in [2.05, 4.69) is 0 Å². The van der Waals surface area contributed by atoms with E-state index in [0.717, 1.165) is 25.0 Å². The summed E-state index contributed by atoms with van der Waals surface area (Å²) in [7, 11) is 1.44. The first kappa shape index (κ1) is 11.1. The van der Waals surface area contributed by atoms with Crippen LogP contribution in [0.15, 0.2) is 30.3 Å². The molecule has 86 valence electrons. The summed E-state index contributed by atoms with van der Waals surface area (Å²) in [4.78, 5) is 11.7. The minimum absolute atomic E-state index is 0.157. The summed E-state index contributed by atoms with van der Waals surface area (Å²) in [6.45, 7) is 0.836. The highest BCUT2D eigenvalue weighted by atomic mass is 16.6. The number of hydrogen-bond acceptors (Lipinski definition) is 3. The molecule has 3 nitrogen and oxygen atoms in total. The van der Waals surface area contributed by atoms with Crippen molar-refractivity contribution in [1.82, 2.24) is 0 Å². The van der Waals surface area contributed by atoms with Crippen LogP contribution in [0.5, 0.6) is 0 Å². The van der Waals surface area contributed by atoms with Crippen molar-refractivity contribution in [1.29, 1.82) is 0 Å². The van der Waals surface area contributed by atoms with Crippen molar-refractivity contribution in [2.45, 2.75) is 24.9 Å². The van der Waals surface area contributed by atoms with Gasteiger partial charge in [-0.05, 0) is 18.4 Å². The number of ether oxygens (including phenoxy) is 2. The Balaban J connectivity index is 2.03. The summed E-state index contributed by atoms with van der Waals surface area (Å²) >= 11 is 0. The molecule has 0 radical (unpaired) electrons. The number of epoxide rings is 1. The molecule has 1 aliphatic rings. The smallest absolute Gasteiger partial charge is 0.313 e. The predicted octanol–water partition coefficient (Wildman–Crippen LogP) is 2.12. The molecule has 1 heterocycles. The highest BCUT2D eigenvalue weighted by molar-refractivity contribution is 5.77. The molecule has 1 aliphatic heterocycles. The fourth-order valence-corrected chi connectivity index (χ4v) is 1.84. The van der Waals surface area contributed by atoms with Crippen LogP contribution < -0.4 is 0 Å². The first-order valence-electron chi connectivity index (χ1n) is 5.55. The second-order valence-electron chi connectivity index (χ2n) is 4.02. The Hall–Kier alpha value is -1.35. The Morgan fingerprint density at radius 2 is 2.19 bits per heavy atom. The molecular formula is C13H16O3. The van der Waals surface area contributed by atoms with E-state index >= 15 is 0 Å². The van der Waals surface area contributed by atoms with Crippen molar-refractivity contribution >= 4 is 5.97 Å². The molecular weight excluding hydrogens is 204 g/mol. The van der Waals surface area contributed by atoms with E-state index in [0.29, 0.717) is 6.10 Å². The Labute approximate surface area is 95.4 Å². The summed E-state index contributed by atoms with van der Waals surface area (Å²) in [5.74, 6) is -0.317. The van der Waals surface area contributed by atoms with Gasteiger partial charge in [-0.15, -0.1) is 0 Å². The van der Waals surface area contributed by atoms with Crippen molar-refractivity contribution < 1.29 is 14.3 Å². The molecule has 0 amide bonds. The number of carbonyl (C=O) groups excluding carboxylic acids is 1. The lowest BCUT2D eigenvalue weighted by Gasteiger charge is -2.14. The molecule has 0 N–H and O–H groups in total. The Bertz CT molecular complexity index is 343. The van der Waals surface area contributed by atoms with Crippen LogP contribution >= 0.6 is 0 Å². The lowest BCUT2D eigenvalue weighted by Crippen LogP contribution is -2.15. The van der Waals surface area contributed by atoms with Gasteiger partial charge in [-0.1, -0.05) is 30.3 Å². The van der Waals surface area contributed by atoms with Crippen LogP contribution in [0.25, 0.3) is 0 Å². The van der Waals surface area contributed by atoms with Gasteiger partial charge in [0.05, 0.1) is 25.7 Å². The molecule has 3 heteroatoms. The summed E-state index contributed by atoms with van der Waals surface area (Å²) in [6, 6.07) is 9.77. The van der Waals surface area contributed by atoms with Gasteiger partial charge in [-0.2, -0.15) is 0 Å². The van der Waals surface area contributed by atoms with Crippen LogP contribution in [0.3, 0.4) is 0 Å². The average molecular weight is 220 g/mol. The Morgan fingerprint density at radius 1 is 1.50 bits per heavy atom. The standard InChI is InChI=1S/C13H16O3/c1-15-13(14)12(8-7-11-9-16-11)10-5-3-2-4-6-10/h2-6,11-12H,7-9H2,1H3. The van der Waals surface area contributed by atoms with Gasteiger partial charge in [0.25, 0.3) is 0 Å². The molecule has 1 saturated heterocycles. The predicted molar refractivity (Wildman–Crippen MR) is 60.2 cm³/mol. The summed E-state index contributed by atoms with van der Waals surface area (Å²) in [5.41, 5.74) is 1.02. The lowest BCUT2D eigenvalue weighted by atomic mass is 9.94. The monoisotopic (exact) mass is 220 g/mol. The minimum Gasteiger partial charge on any atom is -0.469 e. The molecule has 0 aromatic heterocycles. The SMILES string of the molecule is COC(=O)C(CCC1CO1)c1ccccc1. The highest BCUT2D eigenvalue weighted by Gasteiger charge is 2.27. The fourth-order valence-electron chi connectivity index (χ4n) is 1.84. The van der Waals surface area contributed by atoms with Gasteiger partial charge in [0.1, 0.15) is 0 Å². The van der Waals surface area contributed by atoms with Gasteiger partial charge in [-0.25, -0.2) is 0 Å². The van der Waals surface area contributed by atoms with Crippen LogP contribution in [-0.4, -0.2) is 25.8 Å². The molecule has 0 saturated carbocycles. The number of carbonyl (C=O) groups is 1. The van der Waals surface area contributed by atoms with Gasteiger partial charge >= 0.3 is 5.97 Å². The van der Waals surface area contributed by atoms with Crippen molar-refractivity contribution in [3.63, 3.8) is 0 Å². The molecule has 1 aromatic carbocycles. The van der Waals surface area contributed by atoms with Gasteiger partial charge in [0.15, 0.2) is 0 Å². The number of benzene rings is 1. The van der Waals surface area contributed by atoms with Gasteiger partial charge in [-0.3, -0.25) is 4.79 Å². The third kappa shape index (κ3) is 2.83. The molecule has 1 fully saturated rings. The molecule has 2 atom stereocenters. The summed E-state index contributed by atoms with van der Waals surface area (Å²) in [6.07, 6.45) is 2.08. The fraction of sp³-hybridized carbons (Fsp3) is 0.462. The lowest BCUT2D eigenvalue weighted by molar-refractivity contribution is -0.142. The molecule has 0 spiro atoms. The largest absolute Gasteiger partial charge is 0.469 e. The molecule has 1 aromatic rings. The van der Waals surface area contributed by atoms with E-state index in [1.54, 1.807) is 0 Å². The van der Waals surface area contributed by atoms with Crippen LogP contribution in [-0.2, 0) is 14.3 Å². The first-order chi connectivity index (χ1) is 7.81. The average Bonchev–Trinajstić information content (AvgIpc) is 3.14. The maximum atomic E-state index is 11.7. The maximum absolute atomic E-state index is 11.7. The van der Waals surface area contributed by atoms with E-state index in [-0.39, 0.29) is 11.9 Å². The number of hydrogen-bond donors (Lipinski definition) is 0. The summed E-state index contributed by atoms with van der Waals surface area (Å²) < 4.78 is 10.00. The molecule has 2 unspecified atom stereocenters. The third-order valence-electron chi connectivity index (χ3n) is 2.87. The van der Waals surface area contributed by atoms with Crippen molar-refractivity contribution in [3.05, 3.63) is 35.9 Å². The van der Waals surface area contributed by atoms with E-state index in [1.807, 2.05) is 30.3 Å². The molecule has 2 rings (SSSR count). The maximum Gasteiger partial charge on any atom is 0.313 e. The second-order valence-corrected chi connectivity index (χ2v) is 4.02. The van der Waals surface area contributed by atoms with Crippen LogP contribution in [0.4, 0.5) is 0 Å². The zero-order chi connectivity index (χ0) is 11.4. The summed E-state index contributed by atoms with van der Waals surface area (Å²) in [5, 5.41) is 0. The minimum atomic E-state index is -0.160. The zero-order valence-corrected chi connectivity index (χ0v) is 9.39. The van der Waals surface area contributed by atoms with Crippen molar-refractivity contribution in [2.75, 3.05) is 13.7 Å².